The highest BCUT2D eigenvalue weighted by molar-refractivity contribution is 6.21. The van der Waals surface area contributed by atoms with Crippen LogP contribution in [0.1, 0.15) is 0 Å². The highest BCUT2D eigenvalue weighted by atomic mass is 15.0. The summed E-state index contributed by atoms with van der Waals surface area (Å²) in [4.78, 5) is 15.0. The van der Waals surface area contributed by atoms with Crippen molar-refractivity contribution in [2.75, 3.05) is 0 Å². The van der Waals surface area contributed by atoms with Crippen molar-refractivity contribution in [1.82, 2.24) is 33.2 Å². The topological polar surface area (TPSA) is 58.4 Å². The SMILES string of the molecule is c1ccc(-c2nc(-c3ccccc3)nc(-c3ccc(-n4c5ccc(-c6ccc7c(c6)c6ccc8c(ccn8-c8ccccc8)c6n7-c6ccccc6)cc5c5ccc6c(ccn6-c6ccccc6)c54)cc3)n2)cc1. The Kier molecular flexibility index (Phi) is 9.43. The summed E-state index contributed by atoms with van der Waals surface area (Å²) in [6.07, 6.45) is 4.39. The van der Waals surface area contributed by atoms with Crippen LogP contribution in [0, 0.1) is 0 Å². The van der Waals surface area contributed by atoms with Gasteiger partial charge in [-0.1, -0.05) is 140 Å². The van der Waals surface area contributed by atoms with E-state index in [0.717, 1.165) is 67.1 Å². The van der Waals surface area contributed by atoms with Crippen LogP contribution in [-0.2, 0) is 0 Å². The Hall–Kier alpha value is -10.1. The second-order valence-corrected chi connectivity index (χ2v) is 18.9. The molecule has 0 fully saturated rings. The zero-order valence-electron chi connectivity index (χ0n) is 40.0. The lowest BCUT2D eigenvalue weighted by molar-refractivity contribution is 1.07. The molecule has 0 aliphatic heterocycles. The van der Waals surface area contributed by atoms with Gasteiger partial charge in [0.1, 0.15) is 0 Å². The number of rotatable bonds is 8. The van der Waals surface area contributed by atoms with Gasteiger partial charge in [-0.3, -0.25) is 0 Å². The molecule has 0 bridgehead atoms. The maximum Gasteiger partial charge on any atom is 0.164 e. The van der Waals surface area contributed by atoms with Gasteiger partial charge in [0.15, 0.2) is 17.5 Å². The Balaban J connectivity index is 0.903. The zero-order chi connectivity index (χ0) is 48.7. The first-order valence-electron chi connectivity index (χ1n) is 25.0. The van der Waals surface area contributed by atoms with Gasteiger partial charge in [0.25, 0.3) is 0 Å². The van der Waals surface area contributed by atoms with Gasteiger partial charge in [0, 0.05) is 84.2 Å². The zero-order valence-corrected chi connectivity index (χ0v) is 40.0. The fourth-order valence-corrected chi connectivity index (χ4v) is 11.3. The molecule has 0 amide bonds. The molecule has 0 aliphatic rings. The molecule has 0 spiro atoms. The summed E-state index contributed by atoms with van der Waals surface area (Å²) in [6.45, 7) is 0. The molecule has 10 aromatic carbocycles. The Morgan fingerprint density at radius 2 is 0.568 bits per heavy atom. The van der Waals surface area contributed by atoms with Crippen molar-refractivity contribution < 1.29 is 0 Å². The number of hydrogen-bond acceptors (Lipinski definition) is 3. The molecule has 0 aliphatic carbocycles. The highest BCUT2D eigenvalue weighted by Gasteiger charge is 2.21. The highest BCUT2D eigenvalue weighted by Crippen LogP contribution is 2.43. The van der Waals surface area contributed by atoms with E-state index in [2.05, 4.69) is 219 Å². The number of benzene rings is 10. The molecule has 15 aromatic rings. The predicted molar refractivity (Wildman–Crippen MR) is 304 cm³/mol. The van der Waals surface area contributed by atoms with Crippen LogP contribution < -0.4 is 0 Å². The number of hydrogen-bond donors (Lipinski definition) is 0. The quantitative estimate of drug-likeness (QED) is 0.152. The van der Waals surface area contributed by atoms with E-state index in [1.807, 2.05) is 60.7 Å². The molecule has 5 aromatic heterocycles. The van der Waals surface area contributed by atoms with Crippen molar-refractivity contribution in [3.63, 3.8) is 0 Å². The minimum absolute atomic E-state index is 0.623. The second-order valence-electron chi connectivity index (χ2n) is 18.9. The van der Waals surface area contributed by atoms with Crippen LogP contribution in [0.15, 0.2) is 261 Å². The summed E-state index contributed by atoms with van der Waals surface area (Å²) in [5, 5.41) is 7.20. The maximum absolute atomic E-state index is 5.05. The Morgan fingerprint density at radius 1 is 0.230 bits per heavy atom. The van der Waals surface area contributed by atoms with Crippen LogP contribution in [0.3, 0.4) is 0 Å². The van der Waals surface area contributed by atoms with Crippen LogP contribution in [0.2, 0.25) is 0 Å². The first-order valence-corrected chi connectivity index (χ1v) is 25.0. The molecule has 74 heavy (non-hydrogen) atoms. The lowest BCUT2D eigenvalue weighted by atomic mass is 10.00. The molecule has 0 radical (unpaired) electrons. The first-order chi connectivity index (χ1) is 36.7. The van der Waals surface area contributed by atoms with Gasteiger partial charge in [-0.15, -0.1) is 0 Å². The van der Waals surface area contributed by atoms with Crippen LogP contribution >= 0.6 is 0 Å². The molecular formula is C67H43N7. The number of aromatic nitrogens is 7. The van der Waals surface area contributed by atoms with E-state index in [1.54, 1.807) is 0 Å². The van der Waals surface area contributed by atoms with Gasteiger partial charge in [0.2, 0.25) is 0 Å². The van der Waals surface area contributed by atoms with E-state index in [1.165, 1.54) is 48.9 Å². The molecule has 346 valence electrons. The number of fused-ring (bicyclic) bond motifs is 10. The average molecular weight is 946 g/mol. The van der Waals surface area contributed by atoms with Gasteiger partial charge in [0.05, 0.1) is 33.1 Å². The van der Waals surface area contributed by atoms with Crippen LogP contribution in [-0.4, -0.2) is 33.2 Å². The van der Waals surface area contributed by atoms with Gasteiger partial charge in [-0.25, -0.2) is 15.0 Å². The molecule has 0 saturated carbocycles. The van der Waals surface area contributed by atoms with Crippen LogP contribution in [0.25, 0.3) is 133 Å². The molecule has 7 heteroatoms. The van der Waals surface area contributed by atoms with E-state index in [9.17, 15) is 0 Å². The molecule has 15 rings (SSSR count). The monoisotopic (exact) mass is 945 g/mol. The summed E-state index contributed by atoms with van der Waals surface area (Å²) in [5.41, 5.74) is 16.5. The maximum atomic E-state index is 5.05. The smallest absolute Gasteiger partial charge is 0.164 e. The van der Waals surface area contributed by atoms with Crippen molar-refractivity contribution in [1.29, 1.82) is 0 Å². The normalized spacial score (nSPS) is 11.8. The van der Waals surface area contributed by atoms with E-state index < -0.39 is 0 Å². The molecule has 5 heterocycles. The van der Waals surface area contributed by atoms with Gasteiger partial charge in [-0.2, -0.15) is 0 Å². The number of nitrogens with zero attached hydrogens (tertiary/aromatic N) is 7. The average Bonchev–Trinajstić information content (AvgIpc) is 4.31. The molecule has 0 unspecified atom stereocenters. The van der Waals surface area contributed by atoms with Crippen molar-refractivity contribution in [2.24, 2.45) is 0 Å². The third-order valence-corrected chi connectivity index (χ3v) is 14.7. The number of para-hydroxylation sites is 3. The van der Waals surface area contributed by atoms with Crippen molar-refractivity contribution in [2.45, 2.75) is 0 Å². The molecule has 0 N–H and O–H groups in total. The Bertz CT molecular complexity index is 4550. The Morgan fingerprint density at radius 3 is 0.986 bits per heavy atom. The van der Waals surface area contributed by atoms with Gasteiger partial charge >= 0.3 is 0 Å². The Labute approximate surface area is 425 Å². The largest absolute Gasteiger partial charge is 0.316 e. The summed E-state index contributed by atoms with van der Waals surface area (Å²) in [7, 11) is 0. The van der Waals surface area contributed by atoms with Gasteiger partial charge in [-0.05, 0) is 120 Å². The molecular weight excluding hydrogens is 903 g/mol. The summed E-state index contributed by atoms with van der Waals surface area (Å²) < 4.78 is 9.44. The fraction of sp³-hybridized carbons (Fsp3) is 0. The standard InChI is InChI=1S/C67H43N7/c1-6-16-44(17-7-1)65-68-66(45-18-8-2-9-19-45)70-67(69-65)46-26-30-52(31-27-46)74-62-35-29-48(43-58(62)54-33-37-60-56(64(54)74)39-41-72(60)50-22-12-4-13-23-50)47-28-34-61-57(42-47)53-32-36-59-55(38-40-71(59)49-20-10-3-11-21-49)63(53)73(61)51-24-14-5-15-25-51/h1-43H. The molecule has 0 saturated heterocycles. The van der Waals surface area contributed by atoms with E-state index in [-0.39, 0.29) is 0 Å². The third kappa shape index (κ3) is 6.64. The third-order valence-electron chi connectivity index (χ3n) is 14.7. The lowest BCUT2D eigenvalue weighted by Crippen LogP contribution is -2.00. The van der Waals surface area contributed by atoms with E-state index >= 15 is 0 Å². The minimum atomic E-state index is 0.623. The summed E-state index contributed by atoms with van der Waals surface area (Å²) in [5.74, 6) is 1.90. The first kappa shape index (κ1) is 41.7. The molecule has 7 nitrogen and oxygen atoms in total. The van der Waals surface area contributed by atoms with Crippen molar-refractivity contribution >= 4 is 65.4 Å². The minimum Gasteiger partial charge on any atom is -0.316 e. The van der Waals surface area contributed by atoms with Crippen LogP contribution in [0.5, 0.6) is 0 Å². The lowest BCUT2D eigenvalue weighted by Gasteiger charge is -2.12. The second kappa shape index (κ2) is 16.8. The molecule has 0 atom stereocenters. The van der Waals surface area contributed by atoms with Crippen LogP contribution in [0.4, 0.5) is 0 Å². The summed E-state index contributed by atoms with van der Waals surface area (Å²) in [6, 6.07) is 88.5. The van der Waals surface area contributed by atoms with Gasteiger partial charge < -0.3 is 18.3 Å². The fourth-order valence-electron chi connectivity index (χ4n) is 11.3. The predicted octanol–water partition coefficient (Wildman–Crippen LogP) is 16.6. The van der Waals surface area contributed by atoms with E-state index in [4.69, 9.17) is 15.0 Å². The van der Waals surface area contributed by atoms with E-state index in [0.29, 0.717) is 17.5 Å². The summed E-state index contributed by atoms with van der Waals surface area (Å²) >= 11 is 0. The van der Waals surface area contributed by atoms with Crippen molar-refractivity contribution in [3.8, 4) is 68.0 Å². The van der Waals surface area contributed by atoms with Crippen molar-refractivity contribution in [3.05, 3.63) is 261 Å².